The predicted molar refractivity (Wildman–Crippen MR) is 54.7 cm³/mol. The van der Waals surface area contributed by atoms with Crippen molar-refractivity contribution in [2.75, 3.05) is 12.3 Å². The van der Waals surface area contributed by atoms with E-state index in [0.29, 0.717) is 0 Å². The van der Waals surface area contributed by atoms with E-state index in [1.54, 1.807) is 11.9 Å². The van der Waals surface area contributed by atoms with E-state index in [0.717, 1.165) is 25.1 Å². The van der Waals surface area contributed by atoms with Crippen molar-refractivity contribution in [2.24, 2.45) is 0 Å². The highest BCUT2D eigenvalue weighted by molar-refractivity contribution is 7.97. The van der Waals surface area contributed by atoms with Crippen molar-refractivity contribution in [3.8, 4) is 0 Å². The van der Waals surface area contributed by atoms with E-state index in [1.165, 1.54) is 12.8 Å². The van der Waals surface area contributed by atoms with Gasteiger partial charge in [0.25, 0.3) is 0 Å². The van der Waals surface area contributed by atoms with Crippen molar-refractivity contribution >= 4 is 17.9 Å². The molecular weight excluding hydrogens is 186 g/mol. The van der Waals surface area contributed by atoms with Crippen molar-refractivity contribution in [3.63, 3.8) is 0 Å². The van der Waals surface area contributed by atoms with Gasteiger partial charge in [-0.2, -0.15) is 0 Å². The monoisotopic (exact) mass is 203 g/mol. The number of carboxylic acids is 1. The summed E-state index contributed by atoms with van der Waals surface area (Å²) in [5.74, 6) is 0.391. The van der Waals surface area contributed by atoms with Crippen LogP contribution in [0.5, 0.6) is 0 Å². The summed E-state index contributed by atoms with van der Waals surface area (Å²) >= 11 is 1.70. The van der Waals surface area contributed by atoms with E-state index < -0.39 is 5.97 Å². The van der Waals surface area contributed by atoms with Gasteiger partial charge in [-0.15, -0.1) is 0 Å². The number of hydrogen-bond donors (Lipinski definition) is 1. The molecule has 1 rings (SSSR count). The molecule has 0 saturated carbocycles. The summed E-state index contributed by atoms with van der Waals surface area (Å²) in [4.78, 5) is 10.8. The number of unbranched alkanes of at least 4 members (excludes halogenated alkanes) is 1. The highest BCUT2D eigenvalue weighted by atomic mass is 32.2. The van der Waals surface area contributed by atoms with Crippen LogP contribution in [-0.2, 0) is 4.79 Å². The summed E-state index contributed by atoms with van der Waals surface area (Å²) in [6.07, 6.45) is 4.19. The number of nitrogens with zero attached hydrogens (tertiary/aromatic N) is 1. The minimum atomic E-state index is -0.665. The number of rotatable bonds is 5. The molecule has 76 valence electrons. The Morgan fingerprint density at radius 2 is 2.46 bits per heavy atom. The normalized spacial score (nSPS) is 23.6. The van der Waals surface area contributed by atoms with Gasteiger partial charge in [0.15, 0.2) is 0 Å². The maximum atomic E-state index is 10.8. The van der Waals surface area contributed by atoms with Gasteiger partial charge in [0.2, 0.25) is 0 Å². The molecule has 0 aromatic rings. The molecule has 0 radical (unpaired) electrons. The van der Waals surface area contributed by atoms with Gasteiger partial charge in [-0.1, -0.05) is 25.3 Å². The van der Waals surface area contributed by atoms with Gasteiger partial charge in [-0.25, -0.2) is 4.31 Å². The average molecular weight is 203 g/mol. The summed E-state index contributed by atoms with van der Waals surface area (Å²) < 4.78 is 2.03. The highest BCUT2D eigenvalue weighted by Gasteiger charge is 2.30. The van der Waals surface area contributed by atoms with Gasteiger partial charge < -0.3 is 5.11 Å². The molecular formula is C9H17NO2S. The van der Waals surface area contributed by atoms with Crippen molar-refractivity contribution in [1.29, 1.82) is 0 Å². The van der Waals surface area contributed by atoms with Crippen molar-refractivity contribution in [3.05, 3.63) is 0 Å². The lowest BCUT2D eigenvalue weighted by molar-refractivity contribution is -0.140. The maximum Gasteiger partial charge on any atom is 0.321 e. The largest absolute Gasteiger partial charge is 0.480 e. The first-order valence-corrected chi connectivity index (χ1v) is 5.82. The molecule has 1 saturated heterocycles. The van der Waals surface area contributed by atoms with Crippen LogP contribution >= 0.6 is 11.9 Å². The van der Waals surface area contributed by atoms with E-state index in [-0.39, 0.29) is 6.04 Å². The number of carboxylic acid groups (broad SMARTS) is 1. The first-order chi connectivity index (χ1) is 6.25. The topological polar surface area (TPSA) is 40.5 Å². The van der Waals surface area contributed by atoms with E-state index >= 15 is 0 Å². The van der Waals surface area contributed by atoms with Crippen molar-refractivity contribution < 1.29 is 9.90 Å². The van der Waals surface area contributed by atoms with Gasteiger partial charge in [-0.3, -0.25) is 4.79 Å². The van der Waals surface area contributed by atoms with Gasteiger partial charge in [0, 0.05) is 12.3 Å². The molecule has 0 amide bonds. The number of aliphatic carboxylic acids is 1. The van der Waals surface area contributed by atoms with E-state index in [2.05, 4.69) is 6.92 Å². The predicted octanol–water partition coefficient (Wildman–Crippen LogP) is 1.98. The molecule has 0 aromatic carbocycles. The van der Waals surface area contributed by atoms with Crippen LogP contribution in [0.3, 0.4) is 0 Å². The SMILES string of the molecule is CCCCSN1CCC[C@H]1C(=O)O. The van der Waals surface area contributed by atoms with Gasteiger partial charge in [0.1, 0.15) is 6.04 Å². The van der Waals surface area contributed by atoms with Crippen LogP contribution in [0.2, 0.25) is 0 Å². The second-order valence-corrected chi connectivity index (χ2v) is 4.46. The summed E-state index contributed by atoms with van der Waals surface area (Å²) in [6.45, 7) is 3.09. The second-order valence-electron chi connectivity index (χ2n) is 3.32. The molecule has 1 atom stereocenters. The van der Waals surface area contributed by atoms with Crippen LogP contribution in [-0.4, -0.2) is 33.7 Å². The Hall–Kier alpha value is -0.220. The molecule has 4 heteroatoms. The Kier molecular flexibility index (Phi) is 4.59. The van der Waals surface area contributed by atoms with Crippen LogP contribution in [0.15, 0.2) is 0 Å². The molecule has 0 aliphatic carbocycles. The van der Waals surface area contributed by atoms with Crippen LogP contribution in [0.1, 0.15) is 32.6 Å². The number of carbonyl (C=O) groups is 1. The fourth-order valence-electron chi connectivity index (χ4n) is 1.47. The lowest BCUT2D eigenvalue weighted by Gasteiger charge is -2.19. The third-order valence-corrected chi connectivity index (χ3v) is 3.48. The van der Waals surface area contributed by atoms with E-state index in [9.17, 15) is 4.79 Å². The quantitative estimate of drug-likeness (QED) is 0.548. The maximum absolute atomic E-state index is 10.8. The van der Waals surface area contributed by atoms with Crippen LogP contribution in [0, 0.1) is 0 Å². The fraction of sp³-hybridized carbons (Fsp3) is 0.889. The van der Waals surface area contributed by atoms with Gasteiger partial charge in [-0.05, 0) is 19.3 Å². The highest BCUT2D eigenvalue weighted by Crippen LogP contribution is 2.25. The molecule has 3 nitrogen and oxygen atoms in total. The van der Waals surface area contributed by atoms with Crippen molar-refractivity contribution in [2.45, 2.75) is 38.6 Å². The first kappa shape index (κ1) is 10.9. The fourth-order valence-corrected chi connectivity index (χ4v) is 2.75. The lowest BCUT2D eigenvalue weighted by Crippen LogP contribution is -2.31. The number of hydrogen-bond acceptors (Lipinski definition) is 3. The second kappa shape index (κ2) is 5.50. The standard InChI is InChI=1S/C9H17NO2S/c1-2-3-7-13-10-6-4-5-8(10)9(11)12/h8H,2-7H2,1H3,(H,11,12)/t8-/m0/s1. The zero-order valence-electron chi connectivity index (χ0n) is 8.03. The molecule has 13 heavy (non-hydrogen) atoms. The zero-order valence-corrected chi connectivity index (χ0v) is 8.85. The molecule has 1 heterocycles. The third kappa shape index (κ3) is 3.19. The summed E-state index contributed by atoms with van der Waals surface area (Å²) in [7, 11) is 0. The molecule has 1 N–H and O–H groups in total. The van der Waals surface area contributed by atoms with Crippen LogP contribution < -0.4 is 0 Å². The molecule has 1 aliphatic heterocycles. The van der Waals surface area contributed by atoms with E-state index in [1.807, 2.05) is 4.31 Å². The molecule has 0 spiro atoms. The molecule has 1 fully saturated rings. The van der Waals surface area contributed by atoms with Gasteiger partial charge >= 0.3 is 5.97 Å². The van der Waals surface area contributed by atoms with Crippen LogP contribution in [0.25, 0.3) is 0 Å². The minimum Gasteiger partial charge on any atom is -0.480 e. The third-order valence-electron chi connectivity index (χ3n) is 2.24. The Morgan fingerprint density at radius 1 is 1.69 bits per heavy atom. The molecule has 1 aliphatic rings. The Labute approximate surface area is 83.6 Å². The minimum absolute atomic E-state index is 0.234. The van der Waals surface area contributed by atoms with Crippen molar-refractivity contribution in [1.82, 2.24) is 4.31 Å². The Bertz CT molecular complexity index is 175. The summed E-state index contributed by atoms with van der Waals surface area (Å²) in [5, 5.41) is 8.89. The Morgan fingerprint density at radius 3 is 3.08 bits per heavy atom. The molecule has 0 bridgehead atoms. The molecule has 0 unspecified atom stereocenters. The lowest BCUT2D eigenvalue weighted by atomic mass is 10.2. The zero-order chi connectivity index (χ0) is 9.68. The summed E-state index contributed by atoms with van der Waals surface area (Å²) in [6, 6.07) is -0.234. The average Bonchev–Trinajstić information content (AvgIpc) is 2.53. The van der Waals surface area contributed by atoms with Crippen LogP contribution in [0.4, 0.5) is 0 Å². The van der Waals surface area contributed by atoms with E-state index in [4.69, 9.17) is 5.11 Å². The smallest absolute Gasteiger partial charge is 0.321 e. The Balaban J connectivity index is 2.27. The summed E-state index contributed by atoms with van der Waals surface area (Å²) in [5.41, 5.74) is 0. The first-order valence-electron chi connectivity index (χ1n) is 4.88. The van der Waals surface area contributed by atoms with Gasteiger partial charge in [0.05, 0.1) is 0 Å². The molecule has 0 aromatic heterocycles.